The molecule has 5 heteroatoms. The Bertz CT molecular complexity index is 579. The van der Waals surface area contributed by atoms with Crippen LogP contribution in [0.25, 0.3) is 0 Å². The van der Waals surface area contributed by atoms with Gasteiger partial charge in [-0.2, -0.15) is 0 Å². The fourth-order valence-corrected chi connectivity index (χ4v) is 5.49. The summed E-state index contributed by atoms with van der Waals surface area (Å²) >= 11 is 3.34. The Morgan fingerprint density at radius 3 is 1.95 bits per heavy atom. The first kappa shape index (κ1) is 13.4. The molecule has 0 spiro atoms. The van der Waals surface area contributed by atoms with E-state index in [1.54, 1.807) is 0 Å². The molecule has 0 bridgehead atoms. The van der Waals surface area contributed by atoms with E-state index in [1.807, 2.05) is 36.4 Å². The van der Waals surface area contributed by atoms with Crippen LogP contribution in [0.1, 0.15) is 0 Å². The van der Waals surface area contributed by atoms with Gasteiger partial charge in [0.25, 0.3) is 0 Å². The maximum absolute atomic E-state index is 5.93. The van der Waals surface area contributed by atoms with Gasteiger partial charge in [-0.05, 0) is 0 Å². The first-order valence-electron chi connectivity index (χ1n) is 6.20. The van der Waals surface area contributed by atoms with E-state index in [4.69, 9.17) is 9.31 Å². The summed E-state index contributed by atoms with van der Waals surface area (Å²) in [7, 11) is -0.230. The van der Waals surface area contributed by atoms with Gasteiger partial charge >= 0.3 is 121 Å². The minimum atomic E-state index is -1.44. The van der Waals surface area contributed by atoms with Crippen LogP contribution in [-0.2, 0) is 9.31 Å². The number of hydrogen-bond acceptors (Lipinski definition) is 2. The van der Waals surface area contributed by atoms with Gasteiger partial charge in [0.15, 0.2) is 0 Å². The molecule has 2 aromatic carbocycles. The average molecular weight is 335 g/mol. The molecular formula is C14H14BO2PSe. The third-order valence-electron chi connectivity index (χ3n) is 3.17. The Labute approximate surface area is 121 Å². The third-order valence-corrected chi connectivity index (χ3v) is 8.19. The second kappa shape index (κ2) is 5.79. The van der Waals surface area contributed by atoms with Crippen LogP contribution in [0.4, 0.5) is 0 Å². The first-order valence-corrected chi connectivity index (χ1v) is 10.6. The van der Waals surface area contributed by atoms with Crippen LogP contribution in [0.5, 0.6) is 0 Å². The van der Waals surface area contributed by atoms with Crippen molar-refractivity contribution in [2.75, 3.05) is 12.7 Å². The summed E-state index contributed by atoms with van der Waals surface area (Å²) in [6.45, 7) is 0. The van der Waals surface area contributed by atoms with Crippen molar-refractivity contribution in [1.29, 1.82) is 0 Å². The van der Waals surface area contributed by atoms with Crippen molar-refractivity contribution < 1.29 is 9.31 Å². The average Bonchev–Trinajstić information content (AvgIpc) is 2.50. The molecule has 2 nitrogen and oxygen atoms in total. The summed E-state index contributed by atoms with van der Waals surface area (Å²) in [5.74, 6) is 0. The Balaban J connectivity index is 1.75. The van der Waals surface area contributed by atoms with Crippen LogP contribution < -0.4 is 10.8 Å². The summed E-state index contributed by atoms with van der Waals surface area (Å²) in [5, 5.41) is 1.32. The van der Waals surface area contributed by atoms with E-state index in [9.17, 15) is 0 Å². The van der Waals surface area contributed by atoms with Crippen molar-refractivity contribution in [2.45, 2.75) is 0 Å². The van der Waals surface area contributed by atoms with Crippen LogP contribution in [0.3, 0.4) is 0 Å². The molecular weight excluding hydrogens is 321 g/mol. The van der Waals surface area contributed by atoms with Gasteiger partial charge in [0.1, 0.15) is 0 Å². The summed E-state index contributed by atoms with van der Waals surface area (Å²) < 4.78 is 11.9. The predicted octanol–water partition coefficient (Wildman–Crippen LogP) is 1.77. The molecule has 96 valence electrons. The molecule has 2 aromatic rings. The van der Waals surface area contributed by atoms with Crippen LogP contribution >= 0.6 is 5.51 Å². The molecule has 0 N–H and O–H groups in total. The SMILES string of the molecule is [Se]=P1(c2ccccc2)COB(c2ccccc2)OC1. The molecule has 0 aliphatic carbocycles. The molecule has 1 aliphatic rings. The third kappa shape index (κ3) is 2.94. The molecule has 1 fully saturated rings. The van der Waals surface area contributed by atoms with Crippen molar-refractivity contribution in [3.63, 3.8) is 0 Å². The first-order chi connectivity index (χ1) is 9.28. The van der Waals surface area contributed by atoms with Gasteiger partial charge in [0.05, 0.1) is 0 Å². The van der Waals surface area contributed by atoms with Crippen molar-refractivity contribution in [3.8, 4) is 0 Å². The van der Waals surface area contributed by atoms with E-state index in [-0.39, 0.29) is 7.12 Å². The molecule has 0 unspecified atom stereocenters. The normalized spacial score (nSPS) is 18.2. The molecule has 1 aliphatic heterocycles. The Kier molecular flexibility index (Phi) is 4.07. The predicted molar refractivity (Wildman–Crippen MR) is 82.5 cm³/mol. The van der Waals surface area contributed by atoms with E-state index < -0.39 is 5.51 Å². The van der Waals surface area contributed by atoms with Gasteiger partial charge in [-0.15, -0.1) is 0 Å². The van der Waals surface area contributed by atoms with Gasteiger partial charge in [-0.25, -0.2) is 0 Å². The summed E-state index contributed by atoms with van der Waals surface area (Å²) in [6.07, 6.45) is 1.47. The molecule has 0 atom stereocenters. The Morgan fingerprint density at radius 2 is 1.37 bits per heavy atom. The fourth-order valence-electron chi connectivity index (χ4n) is 2.11. The van der Waals surface area contributed by atoms with E-state index in [0.717, 1.165) is 18.2 Å². The van der Waals surface area contributed by atoms with Gasteiger partial charge in [-0.3, -0.25) is 0 Å². The quantitative estimate of drug-likeness (QED) is 0.615. The van der Waals surface area contributed by atoms with Crippen LogP contribution in [-0.4, -0.2) is 34.9 Å². The zero-order chi connectivity index (χ0) is 13.1. The van der Waals surface area contributed by atoms with Gasteiger partial charge in [0.2, 0.25) is 0 Å². The molecule has 0 saturated carbocycles. The fraction of sp³-hybridized carbons (Fsp3) is 0.143. The number of hydrogen-bond donors (Lipinski definition) is 0. The molecule has 1 heterocycles. The monoisotopic (exact) mass is 336 g/mol. The number of rotatable bonds is 2. The molecule has 19 heavy (non-hydrogen) atoms. The van der Waals surface area contributed by atoms with Gasteiger partial charge in [0, 0.05) is 0 Å². The van der Waals surface area contributed by atoms with Gasteiger partial charge < -0.3 is 0 Å². The van der Waals surface area contributed by atoms with E-state index in [1.165, 1.54) is 5.30 Å². The standard InChI is InChI=1S/C14H14BO2PSe/c19-18(14-9-5-2-6-10-14)11-16-15(17-12-18)13-7-3-1-4-8-13/h1-10H,11-12H2. The van der Waals surface area contributed by atoms with Crippen LogP contribution in [0, 0.1) is 0 Å². The number of benzene rings is 2. The topological polar surface area (TPSA) is 18.5 Å². The Hall–Kier alpha value is -0.626. The van der Waals surface area contributed by atoms with E-state index in [2.05, 4.69) is 39.4 Å². The summed E-state index contributed by atoms with van der Waals surface area (Å²) in [4.78, 5) is 0. The molecule has 1 saturated heterocycles. The van der Waals surface area contributed by atoms with Crippen molar-refractivity contribution in [2.24, 2.45) is 0 Å². The summed E-state index contributed by atoms with van der Waals surface area (Å²) in [6, 6.07) is 20.6. The zero-order valence-electron chi connectivity index (χ0n) is 10.4. The molecule has 0 radical (unpaired) electrons. The van der Waals surface area contributed by atoms with Crippen LogP contribution in [0.2, 0.25) is 0 Å². The Morgan fingerprint density at radius 1 is 0.842 bits per heavy atom. The molecule has 0 amide bonds. The zero-order valence-corrected chi connectivity index (χ0v) is 13.0. The minimum absolute atomic E-state index is 0.230. The van der Waals surface area contributed by atoms with E-state index >= 15 is 0 Å². The molecule has 3 rings (SSSR count). The van der Waals surface area contributed by atoms with Crippen molar-refractivity contribution in [1.82, 2.24) is 0 Å². The van der Waals surface area contributed by atoms with Crippen LogP contribution in [0.15, 0.2) is 60.7 Å². The molecule has 0 aromatic heterocycles. The second-order valence-electron chi connectivity index (χ2n) is 4.56. The van der Waals surface area contributed by atoms with Crippen molar-refractivity contribution in [3.05, 3.63) is 60.7 Å². The summed E-state index contributed by atoms with van der Waals surface area (Å²) in [5.41, 5.74) is -0.358. The van der Waals surface area contributed by atoms with Gasteiger partial charge in [-0.1, -0.05) is 0 Å². The van der Waals surface area contributed by atoms with E-state index in [0.29, 0.717) is 0 Å². The maximum atomic E-state index is 5.93. The van der Waals surface area contributed by atoms with Crippen molar-refractivity contribution >= 4 is 38.5 Å². The second-order valence-corrected chi connectivity index (χ2v) is 11.8.